The maximum atomic E-state index is 13.6. The van der Waals surface area contributed by atoms with E-state index in [4.69, 9.17) is 0 Å². The van der Waals surface area contributed by atoms with Crippen molar-refractivity contribution in [2.24, 2.45) is 7.05 Å². The zero-order chi connectivity index (χ0) is 26.4. The van der Waals surface area contributed by atoms with Gasteiger partial charge < -0.3 is 9.88 Å². The summed E-state index contributed by atoms with van der Waals surface area (Å²) in [4.78, 5) is 12.6. The summed E-state index contributed by atoms with van der Waals surface area (Å²) in [6, 6.07) is 12.1. The fourth-order valence-corrected chi connectivity index (χ4v) is 4.45. The number of hydrogen-bond donors (Lipinski definition) is 1. The van der Waals surface area contributed by atoms with E-state index >= 15 is 0 Å². The summed E-state index contributed by atoms with van der Waals surface area (Å²) in [5.41, 5.74) is 1.12. The predicted molar refractivity (Wildman–Crippen MR) is 125 cm³/mol. The Labute approximate surface area is 208 Å². The van der Waals surface area contributed by atoms with Gasteiger partial charge in [-0.2, -0.15) is 26.3 Å². The summed E-state index contributed by atoms with van der Waals surface area (Å²) in [6.07, 6.45) is -5.92. The minimum Gasteiger partial charge on any atom is -0.366 e. The Morgan fingerprint density at radius 2 is 1.59 bits per heavy atom. The van der Waals surface area contributed by atoms with Crippen LogP contribution in [-0.4, -0.2) is 19.5 Å². The maximum Gasteiger partial charge on any atom is 0.434 e. The van der Waals surface area contributed by atoms with Crippen LogP contribution in [0.15, 0.2) is 54.7 Å². The van der Waals surface area contributed by atoms with Crippen molar-refractivity contribution in [3.8, 4) is 22.8 Å². The summed E-state index contributed by atoms with van der Waals surface area (Å²) in [6.45, 7) is 0.318. The molecule has 5 nitrogen and oxygen atoms in total. The molecule has 0 saturated carbocycles. The van der Waals surface area contributed by atoms with Gasteiger partial charge in [0.05, 0.1) is 5.56 Å². The third-order valence-corrected chi connectivity index (χ3v) is 6.25. The molecule has 0 atom stereocenters. The van der Waals surface area contributed by atoms with E-state index in [2.05, 4.69) is 20.3 Å². The number of imidazole rings is 1. The molecule has 0 bridgehead atoms. The number of benzene rings is 2. The molecule has 0 aliphatic heterocycles. The first-order valence-corrected chi connectivity index (χ1v) is 11.5. The van der Waals surface area contributed by atoms with E-state index in [-0.39, 0.29) is 17.2 Å². The molecule has 0 radical (unpaired) electrons. The van der Waals surface area contributed by atoms with Gasteiger partial charge in [0, 0.05) is 42.2 Å². The number of halogens is 6. The van der Waals surface area contributed by atoms with Crippen LogP contribution in [0.1, 0.15) is 34.5 Å². The van der Waals surface area contributed by atoms with E-state index < -0.39 is 23.6 Å². The zero-order valence-corrected chi connectivity index (χ0v) is 19.6. The minimum absolute atomic E-state index is 0.0154. The lowest BCUT2D eigenvalue weighted by molar-refractivity contribution is -0.141. The Balaban J connectivity index is 1.40. The zero-order valence-electron chi connectivity index (χ0n) is 19.6. The molecule has 2 aromatic carbocycles. The van der Waals surface area contributed by atoms with Crippen molar-refractivity contribution < 1.29 is 26.3 Å². The second kappa shape index (κ2) is 9.20. The molecular weight excluding hydrogens is 496 g/mol. The Hall–Kier alpha value is -3.89. The molecule has 1 aliphatic rings. The number of rotatable bonds is 5. The van der Waals surface area contributed by atoms with Crippen molar-refractivity contribution in [3.63, 3.8) is 0 Å². The number of anilines is 1. The van der Waals surface area contributed by atoms with E-state index in [9.17, 15) is 26.3 Å². The molecule has 11 heteroatoms. The second-order valence-corrected chi connectivity index (χ2v) is 8.83. The van der Waals surface area contributed by atoms with Gasteiger partial charge in [0.2, 0.25) is 0 Å². The molecule has 5 rings (SSSR count). The van der Waals surface area contributed by atoms with Gasteiger partial charge in [-0.1, -0.05) is 42.5 Å². The molecule has 1 N–H and O–H groups in total. The summed E-state index contributed by atoms with van der Waals surface area (Å²) >= 11 is 0. The van der Waals surface area contributed by atoms with Gasteiger partial charge in [-0.25, -0.2) is 15.0 Å². The first kappa shape index (κ1) is 24.8. The van der Waals surface area contributed by atoms with Crippen molar-refractivity contribution in [1.29, 1.82) is 0 Å². The Morgan fingerprint density at radius 1 is 0.865 bits per heavy atom. The Kier molecular flexibility index (Phi) is 6.17. The molecule has 192 valence electrons. The molecule has 2 aromatic heterocycles. The molecule has 0 spiro atoms. The van der Waals surface area contributed by atoms with Crippen molar-refractivity contribution in [2.45, 2.75) is 38.2 Å². The molecule has 4 aromatic rings. The topological polar surface area (TPSA) is 55.6 Å². The highest BCUT2D eigenvalue weighted by atomic mass is 19.4. The first-order chi connectivity index (χ1) is 17.5. The summed E-state index contributed by atoms with van der Waals surface area (Å²) in [5, 5.41) is 3.22. The third kappa shape index (κ3) is 5.03. The van der Waals surface area contributed by atoms with Crippen LogP contribution in [-0.2, 0) is 38.8 Å². The molecular formula is C26H21F6N5. The first-order valence-electron chi connectivity index (χ1n) is 11.5. The lowest BCUT2D eigenvalue weighted by Crippen LogP contribution is -2.11. The van der Waals surface area contributed by atoms with Gasteiger partial charge in [-0.3, -0.25) is 0 Å². The van der Waals surface area contributed by atoms with Crippen LogP contribution >= 0.6 is 0 Å². The van der Waals surface area contributed by atoms with Crippen molar-refractivity contribution in [1.82, 2.24) is 19.5 Å². The highest BCUT2D eigenvalue weighted by Crippen LogP contribution is 2.37. The highest BCUT2D eigenvalue weighted by molar-refractivity contribution is 5.65. The third-order valence-electron chi connectivity index (χ3n) is 6.25. The average molecular weight is 517 g/mol. The van der Waals surface area contributed by atoms with Crippen LogP contribution < -0.4 is 5.32 Å². The minimum atomic E-state index is -4.54. The van der Waals surface area contributed by atoms with Crippen LogP contribution in [0.5, 0.6) is 0 Å². The van der Waals surface area contributed by atoms with Crippen LogP contribution in [0.25, 0.3) is 22.8 Å². The van der Waals surface area contributed by atoms with E-state index in [0.717, 1.165) is 41.9 Å². The van der Waals surface area contributed by atoms with E-state index in [1.54, 1.807) is 24.3 Å². The average Bonchev–Trinajstić information content (AvgIpc) is 3.49. The number of alkyl halides is 6. The van der Waals surface area contributed by atoms with Crippen LogP contribution in [0.4, 0.5) is 32.2 Å². The highest BCUT2D eigenvalue weighted by Gasteiger charge is 2.35. The van der Waals surface area contributed by atoms with Crippen molar-refractivity contribution in [3.05, 3.63) is 82.8 Å². The summed E-state index contributed by atoms with van der Waals surface area (Å²) < 4.78 is 81.0. The normalized spacial score (nSPS) is 13.6. The summed E-state index contributed by atoms with van der Waals surface area (Å²) in [5.74, 6) is 0.688. The molecule has 2 heterocycles. The number of nitrogens with one attached hydrogen (secondary N) is 1. The Bertz CT molecular complexity index is 1440. The Morgan fingerprint density at radius 3 is 2.27 bits per heavy atom. The van der Waals surface area contributed by atoms with Gasteiger partial charge in [0.1, 0.15) is 11.6 Å². The maximum absolute atomic E-state index is 13.6. The molecule has 37 heavy (non-hydrogen) atoms. The number of aryl methyl sites for hydroxylation is 2. The van der Waals surface area contributed by atoms with Crippen molar-refractivity contribution >= 4 is 5.82 Å². The molecule has 0 saturated heterocycles. The van der Waals surface area contributed by atoms with Gasteiger partial charge in [-0.15, -0.1) is 0 Å². The lowest BCUT2D eigenvalue weighted by Gasteiger charge is -2.15. The number of aromatic nitrogens is 4. The number of fused-ring (bicyclic) bond motifs is 1. The van der Waals surface area contributed by atoms with Crippen LogP contribution in [0.2, 0.25) is 0 Å². The van der Waals surface area contributed by atoms with Gasteiger partial charge in [0.25, 0.3) is 0 Å². The molecule has 0 amide bonds. The van der Waals surface area contributed by atoms with Crippen LogP contribution in [0.3, 0.4) is 0 Å². The lowest BCUT2D eigenvalue weighted by atomic mass is 10.1. The summed E-state index contributed by atoms with van der Waals surface area (Å²) in [7, 11) is 1.50. The standard InChI is InChI=1S/C26H21F6N5/c1-37-14-21(26(30,31)32)35-24(37)16-11-9-15(10-12-16)13-33-22-18-6-4-8-20(18)34-23(36-22)17-5-2-3-7-19(17)25(27,28)29/h2-3,5,7,9-12,14H,4,6,8,13H2,1H3,(H,33,34,36). The fourth-order valence-electron chi connectivity index (χ4n) is 4.45. The SMILES string of the molecule is Cn1cc(C(F)(F)F)nc1-c1ccc(CNc2nc(-c3ccccc3C(F)(F)F)nc3c2CCC3)cc1. The van der Waals surface area contributed by atoms with E-state index in [0.29, 0.717) is 24.3 Å². The fraction of sp³-hybridized carbons (Fsp3) is 0.269. The molecule has 0 unspecified atom stereocenters. The van der Waals surface area contributed by atoms with Gasteiger partial charge in [-0.05, 0) is 30.9 Å². The van der Waals surface area contributed by atoms with Crippen LogP contribution in [0, 0.1) is 0 Å². The number of hydrogen-bond acceptors (Lipinski definition) is 4. The molecule has 1 aliphatic carbocycles. The quantitative estimate of drug-likeness (QED) is 0.300. The van der Waals surface area contributed by atoms with Gasteiger partial charge >= 0.3 is 12.4 Å². The monoisotopic (exact) mass is 517 g/mol. The second-order valence-electron chi connectivity index (χ2n) is 8.83. The van der Waals surface area contributed by atoms with E-state index in [1.165, 1.54) is 29.8 Å². The van der Waals surface area contributed by atoms with Crippen molar-refractivity contribution in [2.75, 3.05) is 5.32 Å². The smallest absolute Gasteiger partial charge is 0.366 e. The predicted octanol–water partition coefficient (Wildman–Crippen LogP) is 6.68. The van der Waals surface area contributed by atoms with E-state index in [1.807, 2.05) is 0 Å². The van der Waals surface area contributed by atoms with Gasteiger partial charge in [0.15, 0.2) is 11.5 Å². The number of nitrogens with zero attached hydrogens (tertiary/aromatic N) is 4. The molecule has 0 fully saturated rings. The largest absolute Gasteiger partial charge is 0.434 e.